The summed E-state index contributed by atoms with van der Waals surface area (Å²) in [6.45, 7) is -0.434. The van der Waals surface area contributed by atoms with Crippen molar-refractivity contribution < 1.29 is 76.8 Å². The molecule has 24 heteroatoms. The third-order valence-corrected chi connectivity index (χ3v) is 15.7. The topological polar surface area (TPSA) is 265 Å². The molecule has 424 valence electrons. The van der Waals surface area contributed by atoms with E-state index in [1.807, 2.05) is 19.2 Å². The van der Waals surface area contributed by atoms with Crippen molar-refractivity contribution in [3.8, 4) is 33.8 Å². The molecular formula is C56H54Cl2F6N6O10. The molecule has 2 unspecified atom stereocenters. The molecule has 10 rings (SSSR count). The van der Waals surface area contributed by atoms with Gasteiger partial charge in [0.15, 0.2) is 0 Å². The molecule has 0 bridgehead atoms. The van der Waals surface area contributed by atoms with E-state index in [9.17, 15) is 76.8 Å². The van der Waals surface area contributed by atoms with Gasteiger partial charge in [-0.25, -0.2) is 9.59 Å². The zero-order valence-electron chi connectivity index (χ0n) is 42.8. The molecule has 2 aliphatic carbocycles. The quantitative estimate of drug-likeness (QED) is 0.0212. The van der Waals surface area contributed by atoms with Gasteiger partial charge < -0.3 is 57.2 Å². The van der Waals surface area contributed by atoms with E-state index in [1.165, 1.54) is 18.2 Å². The average Bonchev–Trinajstić information content (AvgIpc) is 3.51. The molecule has 4 aliphatic rings. The van der Waals surface area contributed by atoms with Gasteiger partial charge in [0.05, 0.1) is 66.5 Å². The zero-order valence-corrected chi connectivity index (χ0v) is 44.3. The van der Waals surface area contributed by atoms with Crippen molar-refractivity contribution in [1.82, 2.24) is 9.80 Å². The molecule has 12 N–H and O–H groups in total. The summed E-state index contributed by atoms with van der Waals surface area (Å²) in [5.41, 5.74) is 15.1. The number of aromatic hydroxyl groups is 2. The number of halogens is 8. The van der Waals surface area contributed by atoms with Crippen LogP contribution < -0.4 is 16.4 Å². The van der Waals surface area contributed by atoms with Crippen LogP contribution in [0.25, 0.3) is 22.3 Å². The molecule has 0 saturated carbocycles. The van der Waals surface area contributed by atoms with Gasteiger partial charge in [0.1, 0.15) is 11.5 Å². The van der Waals surface area contributed by atoms with E-state index in [1.54, 1.807) is 6.07 Å². The largest absolute Gasteiger partial charge is 0.507 e. The summed E-state index contributed by atoms with van der Waals surface area (Å²) in [5.74, 6) is -0.204. The lowest BCUT2D eigenvalue weighted by molar-refractivity contribution is -0.138. The number of nitrogens with two attached hydrogens (primary N) is 1. The second kappa shape index (κ2) is 23.7. The Morgan fingerprint density at radius 2 is 1.10 bits per heavy atom. The number of nitrogen functional groups attached to an aromatic ring is 1. The van der Waals surface area contributed by atoms with Gasteiger partial charge >= 0.3 is 18.4 Å². The lowest BCUT2D eigenvalue weighted by Crippen LogP contribution is -2.36. The normalized spacial score (nSPS) is 16.1. The number of isocyanates is 1. The third-order valence-electron chi connectivity index (χ3n) is 15.0. The second-order valence-electron chi connectivity index (χ2n) is 19.5. The van der Waals surface area contributed by atoms with Crippen molar-refractivity contribution in [3.05, 3.63) is 149 Å². The number of alkyl halides is 6. The number of aliphatic imine (C=N–C) groups is 1. The summed E-state index contributed by atoms with van der Waals surface area (Å²) < 4.78 is 76.6. The van der Waals surface area contributed by atoms with E-state index in [0.29, 0.717) is 81.1 Å². The fourth-order valence-electron chi connectivity index (χ4n) is 11.2. The molecule has 0 spiro atoms. The van der Waals surface area contributed by atoms with E-state index in [-0.39, 0.29) is 72.6 Å². The van der Waals surface area contributed by atoms with E-state index < -0.39 is 52.8 Å². The van der Waals surface area contributed by atoms with Gasteiger partial charge in [-0.15, -0.1) is 0 Å². The molecular weight excluding hydrogens is 1100 g/mol. The molecule has 0 radical (unpaired) electrons. The van der Waals surface area contributed by atoms with E-state index in [4.69, 9.17) is 28.9 Å². The van der Waals surface area contributed by atoms with Crippen LogP contribution in [0.4, 0.5) is 53.9 Å². The highest BCUT2D eigenvalue weighted by atomic mass is 35.5. The number of nitrogens with one attached hydrogen (secondary N) is 2. The number of carbonyl (C=O) groups is 1. The van der Waals surface area contributed by atoms with Gasteiger partial charge in [-0.05, 0) is 155 Å². The number of urea groups is 1. The van der Waals surface area contributed by atoms with Crippen LogP contribution in [0.1, 0.15) is 90.0 Å². The molecule has 0 saturated heterocycles. The van der Waals surface area contributed by atoms with Crippen LogP contribution in [0.15, 0.2) is 65.7 Å². The summed E-state index contributed by atoms with van der Waals surface area (Å²) in [4.78, 5) is 30.3. The van der Waals surface area contributed by atoms with Crippen LogP contribution in [0, 0.1) is 0 Å². The average molecular weight is 1160 g/mol. The van der Waals surface area contributed by atoms with Crippen LogP contribution in [-0.2, 0) is 82.5 Å². The van der Waals surface area contributed by atoms with Crippen molar-refractivity contribution in [2.45, 2.75) is 89.8 Å². The first kappa shape index (κ1) is 59.3. The highest BCUT2D eigenvalue weighted by molar-refractivity contribution is 6.32. The van der Waals surface area contributed by atoms with Crippen molar-refractivity contribution in [2.24, 2.45) is 4.99 Å². The van der Waals surface area contributed by atoms with Gasteiger partial charge in [0.2, 0.25) is 6.08 Å². The second-order valence-corrected chi connectivity index (χ2v) is 20.3. The Balaban J connectivity index is 0.000000179. The number of amides is 2. The number of aliphatic hydroxyl groups is 6. The van der Waals surface area contributed by atoms with Gasteiger partial charge in [-0.1, -0.05) is 35.3 Å². The number of fused-ring (bicyclic) bond motifs is 4. The maximum absolute atomic E-state index is 13.3. The first-order chi connectivity index (χ1) is 37.9. The summed E-state index contributed by atoms with van der Waals surface area (Å²) in [6.07, 6.45) is -5.55. The Bertz CT molecular complexity index is 3470. The summed E-state index contributed by atoms with van der Waals surface area (Å²) >= 11 is 11.0. The van der Waals surface area contributed by atoms with Crippen LogP contribution in [0.2, 0.25) is 10.0 Å². The number of rotatable bonds is 9. The van der Waals surface area contributed by atoms with E-state index in [0.717, 1.165) is 77.2 Å². The molecule has 2 amide bonds. The monoisotopic (exact) mass is 1150 g/mol. The Hall–Kier alpha value is -6.79. The predicted molar refractivity (Wildman–Crippen MR) is 286 cm³/mol. The van der Waals surface area contributed by atoms with Crippen molar-refractivity contribution in [2.75, 3.05) is 43.6 Å². The molecule has 6 aromatic rings. The van der Waals surface area contributed by atoms with Crippen LogP contribution in [0.3, 0.4) is 0 Å². The van der Waals surface area contributed by atoms with E-state index in [2.05, 4.69) is 32.5 Å². The molecule has 6 aromatic carbocycles. The first-order valence-electron chi connectivity index (χ1n) is 24.8. The Morgan fingerprint density at radius 3 is 1.57 bits per heavy atom. The number of hydrogen-bond donors (Lipinski definition) is 11. The SMILES string of the molecule is CN1CCc2cc(CO)c(CO)c3c2C1Cc1c(N)cc(CO)c(O)c1-3.CN1CCc2cc(CO)c(CO)c3c2C1Cc1c(NC(=O)Nc2ccc(Cl)c(C(F)(F)F)c2)cc(CO)c(O)c1-3.O=C=Nc1ccc(Cl)c(C(F)(F)F)c1. The van der Waals surface area contributed by atoms with Gasteiger partial charge in [0.25, 0.3) is 0 Å². The Morgan fingerprint density at radius 1 is 0.637 bits per heavy atom. The van der Waals surface area contributed by atoms with Crippen molar-refractivity contribution in [3.63, 3.8) is 0 Å². The smallest absolute Gasteiger partial charge is 0.417 e. The summed E-state index contributed by atoms with van der Waals surface area (Å²) in [7, 11) is 4.01. The first-order valence-corrected chi connectivity index (χ1v) is 25.5. The minimum atomic E-state index is -4.71. The fraction of sp³-hybridized carbons (Fsp3) is 0.321. The molecule has 2 atom stereocenters. The number of benzene rings is 6. The number of aliphatic hydroxyl groups excluding tert-OH is 6. The van der Waals surface area contributed by atoms with Gasteiger partial charge in [-0.2, -0.15) is 31.3 Å². The van der Waals surface area contributed by atoms with Crippen LogP contribution >= 0.6 is 23.2 Å². The number of nitrogens with zero attached hydrogens (tertiary/aromatic N) is 3. The highest BCUT2D eigenvalue weighted by Gasteiger charge is 2.41. The number of phenols is 2. The predicted octanol–water partition coefficient (Wildman–Crippen LogP) is 9.47. The van der Waals surface area contributed by atoms with Crippen molar-refractivity contribution in [1.29, 1.82) is 0 Å². The zero-order chi connectivity index (χ0) is 58.3. The van der Waals surface area contributed by atoms with Gasteiger partial charge in [-0.3, -0.25) is 9.80 Å². The lowest BCUT2D eigenvalue weighted by Gasteiger charge is -2.42. The maximum atomic E-state index is 13.3. The number of likely N-dealkylation sites (N-methyl/N-ethyl adjacent to an activating group) is 2. The highest BCUT2D eigenvalue weighted by Crippen LogP contribution is 2.55. The lowest BCUT2D eigenvalue weighted by atomic mass is 9.73. The minimum Gasteiger partial charge on any atom is -0.507 e. The molecule has 2 heterocycles. The van der Waals surface area contributed by atoms with Crippen molar-refractivity contribution >= 4 is 58.1 Å². The number of hydrogen-bond acceptors (Lipinski definition) is 14. The standard InChI is InChI=1S/C28H27ClF3N3O5.C20H24N2O4.C8H3ClF3NO/c1-35-5-4-13-6-14(10-36)18(12-38)24-23(13)22(35)9-17-21(7-15(11-37)26(39)25(17)24)34-27(40)33-16-2-3-20(29)19(8-16)28(30,31)32;1-22-3-2-10-4-11(7-23)14(9-25)18-17(10)16(22)6-13-15(21)5-12(8-24)20(26)19(13)18;9-7-2-1-5(13-4-14)3-6(7)8(10,11)12/h2-3,6-8,22,36-39H,4-5,9-12H2,1H3,(H2,33,34,40);4-5,16,23-26H,2-3,6-9,21H2,1H3;1-3H. The molecule has 80 heavy (non-hydrogen) atoms. The summed E-state index contributed by atoms with van der Waals surface area (Å²) in [6, 6.07) is 11.9. The van der Waals surface area contributed by atoms with Crippen LogP contribution in [-0.4, -0.2) is 89.9 Å². The van der Waals surface area contributed by atoms with E-state index >= 15 is 0 Å². The molecule has 0 fully saturated rings. The molecule has 16 nitrogen and oxygen atoms in total. The van der Waals surface area contributed by atoms with Crippen LogP contribution in [0.5, 0.6) is 11.5 Å². The molecule has 0 aromatic heterocycles. The molecule has 2 aliphatic heterocycles. The maximum Gasteiger partial charge on any atom is 0.417 e. The fourth-order valence-corrected chi connectivity index (χ4v) is 11.6. The van der Waals surface area contributed by atoms with Gasteiger partial charge in [0, 0.05) is 64.5 Å². The third kappa shape index (κ3) is 11.3. The minimum absolute atomic E-state index is 0.00960. The number of anilines is 3. The summed E-state index contributed by atoms with van der Waals surface area (Å²) in [5, 5.41) is 86.2. The Kier molecular flexibility index (Phi) is 17.6. The Labute approximate surface area is 463 Å². The number of carbonyl (C=O) groups excluding carboxylic acids is 2.